The molecule has 232 valence electrons. The van der Waals surface area contributed by atoms with Crippen LogP contribution in [0.4, 0.5) is 17.1 Å². The minimum absolute atomic E-state index is 0.540. The van der Waals surface area contributed by atoms with Gasteiger partial charge in [-0.15, -0.1) is 11.3 Å². The Morgan fingerprint density at radius 3 is 1.67 bits per heavy atom. The Morgan fingerprint density at radius 1 is 0.408 bits per heavy atom. The highest BCUT2D eigenvalue weighted by Gasteiger charge is 2.27. The Labute approximate surface area is 279 Å². The van der Waals surface area contributed by atoms with E-state index in [1.54, 1.807) is 11.3 Å². The standard InChI is InChI=1S/C37H20N8O3S/c1-2-7-21(8-3-1)24-17-19-29(35-32(24)40-47-43-35)45(28-11-6-10-27-34(28)42-46-39-27)30-20-18-25(33-36(30)44-48-41-33)22-13-15-23(16-14-22)37-38-26-9-4-5-12-31(26)49-37/h1-20H. The quantitative estimate of drug-likeness (QED) is 0.169. The molecule has 12 heteroatoms. The third kappa shape index (κ3) is 4.38. The van der Waals surface area contributed by atoms with Gasteiger partial charge in [-0.05, 0) is 90.6 Å². The molecule has 0 radical (unpaired) electrons. The van der Waals surface area contributed by atoms with Gasteiger partial charge >= 0.3 is 0 Å². The van der Waals surface area contributed by atoms with E-state index in [-0.39, 0.29) is 0 Å². The van der Waals surface area contributed by atoms with Crippen molar-refractivity contribution in [3.05, 3.63) is 121 Å². The van der Waals surface area contributed by atoms with Crippen molar-refractivity contribution in [1.82, 2.24) is 35.9 Å². The number of hydrogen-bond acceptors (Lipinski definition) is 12. The van der Waals surface area contributed by atoms with Gasteiger partial charge in [0.25, 0.3) is 0 Å². The van der Waals surface area contributed by atoms with Crippen molar-refractivity contribution in [2.45, 2.75) is 0 Å². The third-order valence-electron chi connectivity index (χ3n) is 8.60. The van der Waals surface area contributed by atoms with Gasteiger partial charge in [-0.3, -0.25) is 0 Å². The molecule has 6 aromatic carbocycles. The maximum atomic E-state index is 5.41. The average molecular weight is 657 g/mol. The Kier molecular flexibility index (Phi) is 6.08. The topological polar surface area (TPSA) is 133 Å². The van der Waals surface area contributed by atoms with E-state index in [4.69, 9.17) is 18.9 Å². The van der Waals surface area contributed by atoms with Gasteiger partial charge in [-0.1, -0.05) is 72.8 Å². The van der Waals surface area contributed by atoms with Crippen LogP contribution in [0, 0.1) is 0 Å². The molecule has 4 aromatic heterocycles. The summed E-state index contributed by atoms with van der Waals surface area (Å²) in [5.74, 6) is 0. The Hall–Kier alpha value is -6.79. The first kappa shape index (κ1) is 27.3. The summed E-state index contributed by atoms with van der Waals surface area (Å²) in [5, 5.41) is 26.8. The second-order valence-corrected chi connectivity index (χ2v) is 12.4. The van der Waals surface area contributed by atoms with Crippen molar-refractivity contribution in [3.63, 3.8) is 0 Å². The molecule has 11 nitrogen and oxygen atoms in total. The van der Waals surface area contributed by atoms with Crippen LogP contribution in [0.2, 0.25) is 0 Å². The van der Waals surface area contributed by atoms with Gasteiger partial charge in [0.15, 0.2) is 16.6 Å². The average Bonchev–Trinajstić information content (AvgIpc) is 3.98. The molecule has 0 aliphatic heterocycles. The Balaban J connectivity index is 1.13. The van der Waals surface area contributed by atoms with Crippen LogP contribution in [0.3, 0.4) is 0 Å². The van der Waals surface area contributed by atoms with Crippen molar-refractivity contribution in [2.75, 3.05) is 4.90 Å². The van der Waals surface area contributed by atoms with Gasteiger partial charge in [0, 0.05) is 16.7 Å². The number of para-hydroxylation sites is 1. The first-order valence-electron chi connectivity index (χ1n) is 15.3. The molecule has 0 unspecified atom stereocenters. The molecule has 4 heterocycles. The lowest BCUT2D eigenvalue weighted by molar-refractivity contribution is 0.315. The Morgan fingerprint density at radius 2 is 0.959 bits per heavy atom. The SMILES string of the molecule is c1ccc(-c2ccc(N(c3cccc4nonc34)c3ccc(-c4ccc(-c5nc6ccccc6s5)cc4)c4nonc34)c3nonc23)cc1. The number of nitrogens with zero attached hydrogens (tertiary/aromatic N) is 8. The first-order valence-corrected chi connectivity index (χ1v) is 16.2. The summed E-state index contributed by atoms with van der Waals surface area (Å²) in [6.07, 6.45) is 0. The van der Waals surface area contributed by atoms with E-state index in [1.165, 1.54) is 0 Å². The van der Waals surface area contributed by atoms with E-state index in [1.807, 2.05) is 95.9 Å². The van der Waals surface area contributed by atoms with E-state index in [2.05, 4.69) is 61.3 Å². The number of hydrogen-bond donors (Lipinski definition) is 0. The third-order valence-corrected chi connectivity index (χ3v) is 9.68. The number of rotatable bonds is 6. The van der Waals surface area contributed by atoms with E-state index >= 15 is 0 Å². The van der Waals surface area contributed by atoms with Crippen LogP contribution in [0.15, 0.2) is 135 Å². The molecule has 0 saturated heterocycles. The lowest BCUT2D eigenvalue weighted by atomic mass is 10.00. The van der Waals surface area contributed by atoms with Crippen LogP contribution < -0.4 is 4.90 Å². The summed E-state index contributed by atoms with van der Waals surface area (Å²) in [6.45, 7) is 0. The van der Waals surface area contributed by atoms with Crippen LogP contribution in [-0.4, -0.2) is 35.9 Å². The summed E-state index contributed by atoms with van der Waals surface area (Å²) in [7, 11) is 0. The summed E-state index contributed by atoms with van der Waals surface area (Å²) < 4.78 is 17.1. The number of anilines is 3. The van der Waals surface area contributed by atoms with Crippen LogP contribution >= 0.6 is 11.3 Å². The van der Waals surface area contributed by atoms with E-state index in [9.17, 15) is 0 Å². The molecule has 0 bridgehead atoms. The molecule has 49 heavy (non-hydrogen) atoms. The monoisotopic (exact) mass is 656 g/mol. The van der Waals surface area contributed by atoms with Crippen molar-refractivity contribution < 1.29 is 13.9 Å². The minimum Gasteiger partial charge on any atom is -0.303 e. The van der Waals surface area contributed by atoms with Gasteiger partial charge in [0.1, 0.15) is 21.6 Å². The number of aromatic nitrogens is 7. The highest BCUT2D eigenvalue weighted by atomic mass is 32.1. The highest BCUT2D eigenvalue weighted by Crippen LogP contribution is 2.45. The maximum absolute atomic E-state index is 5.41. The van der Waals surface area contributed by atoms with Gasteiger partial charge < -0.3 is 4.90 Å². The molecule has 0 N–H and O–H groups in total. The van der Waals surface area contributed by atoms with Crippen molar-refractivity contribution in [3.8, 4) is 32.8 Å². The van der Waals surface area contributed by atoms with Crippen LogP contribution in [0.25, 0.3) is 76.1 Å². The number of fused-ring (bicyclic) bond motifs is 4. The fourth-order valence-corrected chi connectivity index (χ4v) is 7.27. The van der Waals surface area contributed by atoms with Gasteiger partial charge in [-0.2, -0.15) is 0 Å². The fourth-order valence-electron chi connectivity index (χ4n) is 6.30. The fraction of sp³-hybridized carbons (Fsp3) is 0. The van der Waals surface area contributed by atoms with Crippen molar-refractivity contribution >= 4 is 71.7 Å². The van der Waals surface area contributed by atoms with E-state index in [0.717, 1.165) is 43.0 Å². The Bertz CT molecular complexity index is 2770. The van der Waals surface area contributed by atoms with Gasteiger partial charge in [0.05, 0.1) is 27.3 Å². The predicted molar refractivity (Wildman–Crippen MR) is 187 cm³/mol. The van der Waals surface area contributed by atoms with E-state index in [0.29, 0.717) is 50.2 Å². The summed E-state index contributed by atoms with van der Waals surface area (Å²) >= 11 is 1.67. The van der Waals surface area contributed by atoms with Crippen LogP contribution in [0.1, 0.15) is 0 Å². The van der Waals surface area contributed by atoms with Gasteiger partial charge in [0.2, 0.25) is 0 Å². The molecule has 0 spiro atoms. The second kappa shape index (κ2) is 10.9. The van der Waals surface area contributed by atoms with Gasteiger partial charge in [-0.25, -0.2) is 18.9 Å². The summed E-state index contributed by atoms with van der Waals surface area (Å²) in [4.78, 5) is 6.80. The molecule has 10 aromatic rings. The number of thiazole rings is 1. The largest absolute Gasteiger partial charge is 0.303 e. The molecule has 0 fully saturated rings. The maximum Gasteiger partial charge on any atom is 0.159 e. The lowest BCUT2D eigenvalue weighted by Gasteiger charge is -2.25. The first-order chi connectivity index (χ1) is 24.3. The second-order valence-electron chi connectivity index (χ2n) is 11.4. The molecular formula is C37H20N8O3S. The molecule has 0 atom stereocenters. The predicted octanol–water partition coefficient (Wildman–Crippen LogP) is 9.38. The highest BCUT2D eigenvalue weighted by molar-refractivity contribution is 7.21. The zero-order valence-electron chi connectivity index (χ0n) is 25.3. The summed E-state index contributed by atoms with van der Waals surface area (Å²) in [6, 6.07) is 40.1. The van der Waals surface area contributed by atoms with Crippen LogP contribution in [-0.2, 0) is 0 Å². The zero-order valence-corrected chi connectivity index (χ0v) is 26.1. The van der Waals surface area contributed by atoms with Crippen LogP contribution in [0.5, 0.6) is 0 Å². The summed E-state index contributed by atoms with van der Waals surface area (Å²) in [5.41, 5.74) is 11.2. The number of benzene rings is 6. The minimum atomic E-state index is 0.540. The molecular weight excluding hydrogens is 637 g/mol. The van der Waals surface area contributed by atoms with E-state index < -0.39 is 0 Å². The lowest BCUT2D eigenvalue weighted by Crippen LogP contribution is -2.12. The zero-order chi connectivity index (χ0) is 32.3. The van der Waals surface area contributed by atoms with Crippen molar-refractivity contribution in [1.29, 1.82) is 0 Å². The molecule has 10 rings (SSSR count). The molecule has 0 saturated carbocycles. The molecule has 0 aliphatic carbocycles. The normalized spacial score (nSPS) is 11.7. The van der Waals surface area contributed by atoms with Crippen molar-refractivity contribution in [2.24, 2.45) is 0 Å². The molecule has 0 aliphatic rings. The molecule has 0 amide bonds. The smallest absolute Gasteiger partial charge is 0.159 e.